The Morgan fingerprint density at radius 3 is 1.20 bits per heavy atom. The second kappa shape index (κ2) is 42.8. The molecule has 12 atom stereocenters. The number of nitrogens with one attached hydrogen (secondary N) is 9. The van der Waals surface area contributed by atoms with Crippen LogP contribution in [0.25, 0.3) is 0 Å². The van der Waals surface area contributed by atoms with Crippen LogP contribution in [0.1, 0.15) is 90.5 Å². The molecule has 0 saturated carbocycles. The fourth-order valence-corrected chi connectivity index (χ4v) is 8.85. The summed E-state index contributed by atoms with van der Waals surface area (Å²) in [4.78, 5) is 165. The predicted octanol–water partition coefficient (Wildman–Crippen LogP) is -8.91. The lowest BCUT2D eigenvalue weighted by Crippen LogP contribution is -2.63. The number of carboxylic acid groups (broad SMARTS) is 1. The molecule has 0 aliphatic carbocycles. The number of guanidine groups is 4. The van der Waals surface area contributed by atoms with E-state index < -0.39 is 150 Å². The molecule has 37 nitrogen and oxygen atoms in total. The average Bonchev–Trinajstić information content (AvgIpc) is 0.936. The number of aliphatic carboxylic acids is 1. The summed E-state index contributed by atoms with van der Waals surface area (Å²) in [6.45, 7) is 4.61. The van der Waals surface area contributed by atoms with Crippen LogP contribution in [0.5, 0.6) is 5.75 Å². The van der Waals surface area contributed by atoms with Crippen LogP contribution in [0, 0.1) is 5.92 Å². The number of hydrogen-bond acceptors (Lipinski definition) is 20. The maximum Gasteiger partial charge on any atom is 0.326 e. The van der Waals surface area contributed by atoms with E-state index in [0.717, 1.165) is 6.92 Å². The Bertz CT molecular complexity index is 2750. The first-order chi connectivity index (χ1) is 43.2. The van der Waals surface area contributed by atoms with E-state index in [1.165, 1.54) is 24.3 Å². The number of rotatable bonds is 44. The third kappa shape index (κ3) is 32.1. The summed E-state index contributed by atoms with van der Waals surface area (Å²) in [5, 5.41) is 52.8. The molecule has 32 N–H and O–H groups in total. The van der Waals surface area contributed by atoms with Crippen molar-refractivity contribution in [3.8, 4) is 5.75 Å². The molecule has 0 fully saturated rings. The zero-order valence-electron chi connectivity index (χ0n) is 51.5. The molecule has 0 heterocycles. The highest BCUT2D eigenvalue weighted by Gasteiger charge is 2.38. The third-order valence-electron chi connectivity index (χ3n) is 13.6. The summed E-state index contributed by atoms with van der Waals surface area (Å²) in [7, 11) is 0. The number of nitrogens with two attached hydrogens (primary N) is 10. The number of amides is 10. The summed E-state index contributed by atoms with van der Waals surface area (Å²) in [5.41, 5.74) is 55.1. The van der Waals surface area contributed by atoms with Gasteiger partial charge in [0.05, 0.1) is 18.6 Å². The molecule has 1 rings (SSSR count). The number of primary amides is 1. The van der Waals surface area contributed by atoms with E-state index in [0.29, 0.717) is 12.0 Å². The Labute approximate surface area is 542 Å². The molecule has 10 amide bonds. The molecule has 0 saturated heterocycles. The highest BCUT2D eigenvalue weighted by molar-refractivity contribution is 7.80. The number of carboxylic acids is 1. The summed E-state index contributed by atoms with van der Waals surface area (Å²) in [6, 6.07) is -9.96. The fourth-order valence-electron chi connectivity index (χ4n) is 8.34. The molecule has 0 bridgehead atoms. The van der Waals surface area contributed by atoms with Crippen LogP contribution >= 0.6 is 25.3 Å². The number of aliphatic hydroxyl groups excluding tert-OH is 1. The molecule has 516 valence electrons. The topological polar surface area (TPSA) is 666 Å². The number of carbonyl (C=O) groups excluding carboxylic acids is 10. The van der Waals surface area contributed by atoms with Crippen LogP contribution in [0.2, 0.25) is 0 Å². The second-order valence-corrected chi connectivity index (χ2v) is 21.9. The number of thiol groups is 2. The number of phenolic OH excluding ortho intramolecular Hbond substituents is 1. The number of benzene rings is 1. The van der Waals surface area contributed by atoms with Gasteiger partial charge in [0, 0.05) is 44.1 Å². The summed E-state index contributed by atoms with van der Waals surface area (Å²) in [5.74, 6) is -14.2. The van der Waals surface area contributed by atoms with Crippen LogP contribution in [0.15, 0.2) is 44.2 Å². The minimum Gasteiger partial charge on any atom is -0.508 e. The zero-order valence-corrected chi connectivity index (χ0v) is 53.3. The normalized spacial score (nSPS) is 14.8. The van der Waals surface area contributed by atoms with Crippen molar-refractivity contribution in [1.82, 2.24) is 47.9 Å². The van der Waals surface area contributed by atoms with E-state index in [1.54, 1.807) is 13.8 Å². The summed E-state index contributed by atoms with van der Waals surface area (Å²) in [6.07, 6.45) is -2.26. The minimum atomic E-state index is -1.86. The lowest BCUT2D eigenvalue weighted by atomic mass is 9.96. The molecule has 0 aliphatic rings. The minimum absolute atomic E-state index is 0.0236. The highest BCUT2D eigenvalue weighted by Crippen LogP contribution is 2.15. The number of phenols is 1. The van der Waals surface area contributed by atoms with E-state index >= 15 is 0 Å². The number of hydrogen-bond donors (Lipinski definition) is 24. The molecule has 0 spiro atoms. The first-order valence-electron chi connectivity index (χ1n) is 29.1. The van der Waals surface area contributed by atoms with Crippen molar-refractivity contribution in [2.75, 3.05) is 37.7 Å². The lowest BCUT2D eigenvalue weighted by molar-refractivity contribution is -0.142. The van der Waals surface area contributed by atoms with Gasteiger partial charge < -0.3 is 121 Å². The van der Waals surface area contributed by atoms with E-state index in [1.807, 2.05) is 0 Å². The van der Waals surface area contributed by atoms with Gasteiger partial charge in [-0.15, -0.1) is 0 Å². The van der Waals surface area contributed by atoms with Crippen molar-refractivity contribution in [3.63, 3.8) is 0 Å². The van der Waals surface area contributed by atoms with Gasteiger partial charge in [-0.05, 0) is 81.9 Å². The molecule has 0 unspecified atom stereocenters. The summed E-state index contributed by atoms with van der Waals surface area (Å²) < 4.78 is 0. The maximum absolute atomic E-state index is 14.5. The Hall–Kier alpha value is -9.11. The molecule has 92 heavy (non-hydrogen) atoms. The fraction of sp³-hybridized carbons (Fsp3) is 0.604. The highest BCUT2D eigenvalue weighted by atomic mass is 32.1. The first kappa shape index (κ1) is 80.9. The van der Waals surface area contributed by atoms with Gasteiger partial charge in [0.15, 0.2) is 23.8 Å². The smallest absolute Gasteiger partial charge is 0.326 e. The van der Waals surface area contributed by atoms with E-state index in [2.05, 4.69) is 93.1 Å². The number of aliphatic hydroxyl groups is 1. The van der Waals surface area contributed by atoms with Crippen molar-refractivity contribution in [2.45, 2.75) is 158 Å². The SMILES string of the molecule is CC[C@H](C)[C@H](NC(=O)[C@H](Cc1ccc(O)cc1)NC(=O)[C@H](CC(N)=O)NC(=O)[C@H](CS)NC(=O)[C@H](CS)NC(=O)[C@H](CCCN=C(N)N)NC(=O)[C@@H](N)CCCN=C(N)N)C(=O)N[C@H](C(=O)N[C@@H](CCCN=C(N)N)C(=O)N[C@@H](CCCN=C(N)N)C(=O)O)[C@@H](C)O. The molecule has 1 aromatic rings. The third-order valence-corrected chi connectivity index (χ3v) is 14.3. The van der Waals surface area contributed by atoms with Crippen molar-refractivity contribution in [2.24, 2.45) is 83.2 Å². The summed E-state index contributed by atoms with van der Waals surface area (Å²) >= 11 is 8.40. The van der Waals surface area contributed by atoms with Gasteiger partial charge in [0.25, 0.3) is 0 Å². The number of aromatic hydroxyl groups is 1. The van der Waals surface area contributed by atoms with Crippen LogP contribution < -0.4 is 105 Å². The van der Waals surface area contributed by atoms with Gasteiger partial charge in [0.1, 0.15) is 60.1 Å². The molecule has 0 radical (unpaired) electrons. The standard InChI is InChI=1S/C53H93N23O14S2/c1-4-25(2)38(47(87)76-39(26(3)77)48(88)69-31(11-7-19-66-52(60)61)41(81)70-32(49(89)90)12-8-20-67-53(62)63)75-44(84)33(21-27-13-15-28(78)16-14-27)71-43(83)34(22-37(55)79)72-45(85)35(23-91)74-46(86)36(24-92)73-42(82)30(10-6-18-65-51(58)59)68-40(80)29(54)9-5-17-64-50(56)57/h13-16,25-26,29-36,38-39,77-78,91-92H,4-12,17-24,54H2,1-3H3,(H2,55,79)(H,68,80)(H,69,88)(H,70,81)(H,71,83)(H,72,85)(H,73,82)(H,74,86)(H,75,84)(H,76,87)(H,89,90)(H4,56,57,64)(H4,58,59,65)(H4,60,61,66)(H4,62,63,67)/t25-,26+,29-,30-,31-,32-,33-,34-,35-,36-,38-,39-/m0/s1. The first-order valence-corrected chi connectivity index (χ1v) is 30.4. The molecule has 39 heteroatoms. The number of nitrogens with zero attached hydrogens (tertiary/aromatic N) is 4. The zero-order chi connectivity index (χ0) is 69.8. The molecular weight excluding hydrogens is 1250 g/mol. The van der Waals surface area contributed by atoms with Gasteiger partial charge in [-0.3, -0.25) is 67.9 Å². The van der Waals surface area contributed by atoms with E-state index in [4.69, 9.17) is 57.3 Å². The molecule has 0 aromatic heterocycles. The second-order valence-electron chi connectivity index (χ2n) is 21.2. The van der Waals surface area contributed by atoms with Crippen LogP contribution in [0.4, 0.5) is 0 Å². The van der Waals surface area contributed by atoms with Gasteiger partial charge in [0.2, 0.25) is 59.1 Å². The molecular formula is C53H93N23O14S2. The van der Waals surface area contributed by atoms with Crippen LogP contribution in [0.3, 0.4) is 0 Å². The molecule has 0 aliphatic heterocycles. The Morgan fingerprint density at radius 1 is 0.457 bits per heavy atom. The maximum atomic E-state index is 14.5. The molecule has 1 aromatic carbocycles. The van der Waals surface area contributed by atoms with Crippen molar-refractivity contribution >= 4 is 114 Å². The Morgan fingerprint density at radius 2 is 0.793 bits per heavy atom. The van der Waals surface area contributed by atoms with Gasteiger partial charge >= 0.3 is 5.97 Å². The number of aliphatic imine (C=N–C) groups is 4. The van der Waals surface area contributed by atoms with Gasteiger partial charge in [-0.1, -0.05) is 32.4 Å². The van der Waals surface area contributed by atoms with Crippen LogP contribution in [-0.2, 0) is 59.2 Å². The van der Waals surface area contributed by atoms with Crippen molar-refractivity contribution in [1.29, 1.82) is 0 Å². The number of carbonyl (C=O) groups is 11. The van der Waals surface area contributed by atoms with Crippen molar-refractivity contribution < 1.29 is 68.1 Å². The average molecular weight is 1340 g/mol. The lowest BCUT2D eigenvalue weighted by Gasteiger charge is -2.30. The Balaban J connectivity index is 3.55. The van der Waals surface area contributed by atoms with Gasteiger partial charge in [-0.25, -0.2) is 4.79 Å². The van der Waals surface area contributed by atoms with E-state index in [-0.39, 0.29) is 119 Å². The predicted molar refractivity (Wildman–Crippen MR) is 347 cm³/mol. The van der Waals surface area contributed by atoms with E-state index in [9.17, 15) is 68.1 Å². The monoisotopic (exact) mass is 1340 g/mol. The van der Waals surface area contributed by atoms with Gasteiger partial charge in [-0.2, -0.15) is 25.3 Å². The quantitative estimate of drug-likeness (QED) is 0.0125. The largest absolute Gasteiger partial charge is 0.508 e. The van der Waals surface area contributed by atoms with Crippen molar-refractivity contribution in [3.05, 3.63) is 29.8 Å². The van der Waals surface area contributed by atoms with Crippen LogP contribution in [-0.4, -0.2) is 208 Å². The Kier molecular flexibility index (Phi) is 37.6.